The van der Waals surface area contributed by atoms with Crippen LogP contribution in [-0.4, -0.2) is 16.3 Å². The van der Waals surface area contributed by atoms with E-state index in [4.69, 9.17) is 9.47 Å². The average molecular weight is 387 g/mol. The largest absolute Gasteiger partial charge is 0.454 e. The number of rotatable bonds is 4. The summed E-state index contributed by atoms with van der Waals surface area (Å²) in [5, 5.41) is 20.5. The minimum absolute atomic E-state index is 0.00738. The molecular formula is C22H17N3O4. The van der Waals surface area contributed by atoms with Crippen LogP contribution < -0.4 is 9.47 Å². The number of allylic oxidation sites excluding steroid dienone is 1. The number of nitriles is 1. The van der Waals surface area contributed by atoms with Gasteiger partial charge in [0, 0.05) is 35.3 Å². The summed E-state index contributed by atoms with van der Waals surface area (Å²) in [6, 6.07) is 15.9. The van der Waals surface area contributed by atoms with E-state index in [1.165, 1.54) is 12.1 Å². The molecule has 0 amide bonds. The number of non-ortho nitro benzene ring substituents is 1. The molecule has 0 saturated carbocycles. The summed E-state index contributed by atoms with van der Waals surface area (Å²) in [4.78, 5) is 10.4. The molecule has 7 nitrogen and oxygen atoms in total. The van der Waals surface area contributed by atoms with Crippen molar-refractivity contribution in [3.8, 4) is 23.3 Å². The molecule has 1 aliphatic rings. The Morgan fingerprint density at radius 2 is 1.86 bits per heavy atom. The molecule has 0 unspecified atom stereocenters. The van der Waals surface area contributed by atoms with Crippen molar-refractivity contribution in [1.29, 1.82) is 5.26 Å². The molecule has 0 fully saturated rings. The second-order valence-electron chi connectivity index (χ2n) is 6.67. The first-order valence-electron chi connectivity index (χ1n) is 8.93. The summed E-state index contributed by atoms with van der Waals surface area (Å²) in [6.07, 6.45) is 1.80. The highest BCUT2D eigenvalue weighted by atomic mass is 16.7. The molecule has 0 N–H and O–H groups in total. The second kappa shape index (κ2) is 7.17. The Morgan fingerprint density at radius 1 is 1.14 bits per heavy atom. The van der Waals surface area contributed by atoms with Gasteiger partial charge in [0.25, 0.3) is 5.69 Å². The molecule has 0 atom stereocenters. The van der Waals surface area contributed by atoms with Gasteiger partial charge in [0.15, 0.2) is 11.5 Å². The van der Waals surface area contributed by atoms with Crippen LogP contribution in [0.1, 0.15) is 22.5 Å². The summed E-state index contributed by atoms with van der Waals surface area (Å²) in [5.74, 6) is 1.43. The molecule has 2 aromatic carbocycles. The SMILES string of the molecule is Cc1cc(/C=C(\C#N)c2ccc([N+](=O)[O-])cc2)c(C)n1-c1ccc2c(c1)OCO2. The van der Waals surface area contributed by atoms with Gasteiger partial charge < -0.3 is 14.0 Å². The number of hydrogen-bond donors (Lipinski definition) is 0. The first kappa shape index (κ1) is 18.3. The molecule has 1 aromatic heterocycles. The Balaban J connectivity index is 1.73. The summed E-state index contributed by atoms with van der Waals surface area (Å²) >= 11 is 0. The van der Waals surface area contributed by atoms with Crippen molar-refractivity contribution in [2.45, 2.75) is 13.8 Å². The van der Waals surface area contributed by atoms with Gasteiger partial charge in [-0.1, -0.05) is 0 Å². The van der Waals surface area contributed by atoms with Crippen LogP contribution in [-0.2, 0) is 0 Å². The molecule has 0 radical (unpaired) electrons. The van der Waals surface area contributed by atoms with Gasteiger partial charge in [0.1, 0.15) is 0 Å². The smallest absolute Gasteiger partial charge is 0.269 e. The number of hydrogen-bond acceptors (Lipinski definition) is 5. The number of aryl methyl sites for hydroxylation is 1. The lowest BCUT2D eigenvalue weighted by Gasteiger charge is -2.10. The van der Waals surface area contributed by atoms with Crippen LogP contribution in [0.2, 0.25) is 0 Å². The van der Waals surface area contributed by atoms with Crippen molar-refractivity contribution in [3.63, 3.8) is 0 Å². The predicted octanol–water partition coefficient (Wildman–Crippen LogP) is 4.80. The Morgan fingerprint density at radius 3 is 2.55 bits per heavy atom. The topological polar surface area (TPSA) is 90.3 Å². The van der Waals surface area contributed by atoms with Gasteiger partial charge in [0.05, 0.1) is 16.6 Å². The third-order valence-electron chi connectivity index (χ3n) is 4.89. The third-order valence-corrected chi connectivity index (χ3v) is 4.89. The van der Waals surface area contributed by atoms with E-state index in [0.29, 0.717) is 16.9 Å². The Hall–Kier alpha value is -4.05. The van der Waals surface area contributed by atoms with Crippen molar-refractivity contribution in [1.82, 2.24) is 4.57 Å². The third kappa shape index (κ3) is 3.32. The van der Waals surface area contributed by atoms with Gasteiger partial charge in [-0.05, 0) is 61.4 Å². The van der Waals surface area contributed by atoms with Gasteiger partial charge in [-0.25, -0.2) is 0 Å². The number of aromatic nitrogens is 1. The Kier molecular flexibility index (Phi) is 4.53. The van der Waals surface area contributed by atoms with Crippen LogP contribution in [0.15, 0.2) is 48.5 Å². The average Bonchev–Trinajstić information content (AvgIpc) is 3.29. The van der Waals surface area contributed by atoms with Crippen molar-refractivity contribution < 1.29 is 14.4 Å². The summed E-state index contributed by atoms with van der Waals surface area (Å²) < 4.78 is 12.9. The number of ether oxygens (including phenoxy) is 2. The second-order valence-corrected chi connectivity index (χ2v) is 6.67. The molecule has 1 aliphatic heterocycles. The van der Waals surface area contributed by atoms with Crippen molar-refractivity contribution in [2.75, 3.05) is 6.79 Å². The molecule has 3 aromatic rings. The quantitative estimate of drug-likeness (QED) is 0.364. The highest BCUT2D eigenvalue weighted by Crippen LogP contribution is 2.35. The first-order valence-corrected chi connectivity index (χ1v) is 8.93. The lowest BCUT2D eigenvalue weighted by Crippen LogP contribution is -1.99. The maximum Gasteiger partial charge on any atom is 0.269 e. The zero-order valence-electron chi connectivity index (χ0n) is 15.9. The number of fused-ring (bicyclic) bond motifs is 1. The highest BCUT2D eigenvalue weighted by molar-refractivity contribution is 5.90. The van der Waals surface area contributed by atoms with Crippen LogP contribution in [0.25, 0.3) is 17.3 Å². The van der Waals surface area contributed by atoms with Crippen LogP contribution in [0.4, 0.5) is 5.69 Å². The molecule has 2 heterocycles. The molecule has 144 valence electrons. The maximum absolute atomic E-state index is 10.8. The van der Waals surface area contributed by atoms with Crippen molar-refractivity contribution in [2.24, 2.45) is 0 Å². The van der Waals surface area contributed by atoms with E-state index in [1.807, 2.05) is 38.1 Å². The molecule has 7 heteroatoms. The van der Waals surface area contributed by atoms with Crippen molar-refractivity contribution in [3.05, 3.63) is 81.2 Å². The summed E-state index contributed by atoms with van der Waals surface area (Å²) in [6.45, 7) is 4.19. The molecule has 0 bridgehead atoms. The predicted molar refractivity (Wildman–Crippen MR) is 108 cm³/mol. The van der Waals surface area contributed by atoms with E-state index in [1.54, 1.807) is 18.2 Å². The summed E-state index contributed by atoms with van der Waals surface area (Å²) in [7, 11) is 0. The van der Waals surface area contributed by atoms with E-state index in [-0.39, 0.29) is 12.5 Å². The van der Waals surface area contributed by atoms with Crippen molar-refractivity contribution >= 4 is 17.3 Å². The minimum Gasteiger partial charge on any atom is -0.454 e. The lowest BCUT2D eigenvalue weighted by atomic mass is 10.0. The van der Waals surface area contributed by atoms with Crippen LogP contribution in [0.5, 0.6) is 11.5 Å². The minimum atomic E-state index is -0.460. The van der Waals surface area contributed by atoms with Gasteiger partial charge in [-0.15, -0.1) is 0 Å². The zero-order valence-corrected chi connectivity index (χ0v) is 15.9. The highest BCUT2D eigenvalue weighted by Gasteiger charge is 2.17. The van der Waals surface area contributed by atoms with E-state index >= 15 is 0 Å². The molecule has 0 aliphatic carbocycles. The molecule has 0 saturated heterocycles. The lowest BCUT2D eigenvalue weighted by molar-refractivity contribution is -0.384. The fourth-order valence-electron chi connectivity index (χ4n) is 3.45. The number of nitrogens with zero attached hydrogens (tertiary/aromatic N) is 3. The fourth-order valence-corrected chi connectivity index (χ4v) is 3.45. The number of benzene rings is 2. The van der Waals surface area contributed by atoms with Crippen LogP contribution >= 0.6 is 0 Å². The normalized spacial score (nSPS) is 12.7. The zero-order chi connectivity index (χ0) is 20.5. The van der Waals surface area contributed by atoms with Crippen LogP contribution in [0.3, 0.4) is 0 Å². The maximum atomic E-state index is 10.8. The monoisotopic (exact) mass is 387 g/mol. The van der Waals surface area contributed by atoms with Gasteiger partial charge >= 0.3 is 0 Å². The van der Waals surface area contributed by atoms with Gasteiger partial charge in [-0.3, -0.25) is 10.1 Å². The standard InChI is InChI=1S/C22H17N3O4/c1-14-9-17(10-18(12-23)16-3-5-19(6-4-16)25(26)27)15(2)24(14)20-7-8-21-22(11-20)29-13-28-21/h3-11H,13H2,1-2H3/b18-10+. The molecule has 0 spiro atoms. The van der Waals surface area contributed by atoms with Gasteiger partial charge in [-0.2, -0.15) is 5.26 Å². The van der Waals surface area contributed by atoms with E-state index < -0.39 is 4.92 Å². The Labute approximate surface area is 167 Å². The summed E-state index contributed by atoms with van der Waals surface area (Å²) in [5.41, 5.74) is 4.88. The van der Waals surface area contributed by atoms with Crippen LogP contribution in [0, 0.1) is 35.3 Å². The number of nitro benzene ring substituents is 1. The molecule has 4 rings (SSSR count). The molecule has 29 heavy (non-hydrogen) atoms. The van der Waals surface area contributed by atoms with E-state index in [9.17, 15) is 15.4 Å². The number of nitro groups is 1. The van der Waals surface area contributed by atoms with Gasteiger partial charge in [0.2, 0.25) is 6.79 Å². The van der Waals surface area contributed by atoms with E-state index in [2.05, 4.69) is 10.6 Å². The first-order chi connectivity index (χ1) is 14.0. The Bertz CT molecular complexity index is 1180. The van der Waals surface area contributed by atoms with E-state index in [0.717, 1.165) is 28.4 Å². The molecular weight excluding hydrogens is 370 g/mol. The fraction of sp³-hybridized carbons (Fsp3) is 0.136.